The predicted octanol–water partition coefficient (Wildman–Crippen LogP) is 1.28. The average Bonchev–Trinajstić information content (AvgIpc) is 2.56. The number of rotatable bonds is 2. The van der Waals surface area contributed by atoms with Gasteiger partial charge in [-0.25, -0.2) is 10.2 Å². The van der Waals surface area contributed by atoms with Crippen molar-refractivity contribution in [3.63, 3.8) is 0 Å². The maximum absolute atomic E-state index is 11.3. The van der Waals surface area contributed by atoms with Crippen molar-refractivity contribution in [2.45, 2.75) is 33.6 Å². The Morgan fingerprint density at radius 2 is 2.18 bits per heavy atom. The molecule has 0 radical (unpaired) electrons. The quantitative estimate of drug-likeness (QED) is 0.560. The molecular formula is C12H19N3O2. The molecule has 0 aromatic carbocycles. The molecule has 2 aliphatic carbocycles. The van der Waals surface area contributed by atoms with E-state index in [1.54, 1.807) is 0 Å². The number of nitrogens with one attached hydrogen (secondary N) is 1. The molecule has 3 atom stereocenters. The lowest BCUT2D eigenvalue weighted by atomic mass is 9.70. The molecule has 2 bridgehead atoms. The number of hydrogen-bond donors (Lipinski definition) is 2. The Morgan fingerprint density at radius 1 is 1.53 bits per heavy atom. The van der Waals surface area contributed by atoms with Crippen LogP contribution in [0.2, 0.25) is 0 Å². The summed E-state index contributed by atoms with van der Waals surface area (Å²) in [6.07, 6.45) is 3.01. The number of amides is 2. The largest absolute Gasteiger partial charge is 0.350 e. The molecule has 0 saturated heterocycles. The SMILES string of the molecule is CC1(C)[C@@H]2CC[C@@]1(C)C(=NNC(N)=O)[C@H]2C=O. The van der Waals surface area contributed by atoms with E-state index in [2.05, 4.69) is 31.3 Å². The Balaban J connectivity index is 2.41. The van der Waals surface area contributed by atoms with Crippen LogP contribution < -0.4 is 11.2 Å². The number of hydrazone groups is 1. The van der Waals surface area contributed by atoms with E-state index in [4.69, 9.17) is 5.73 Å². The van der Waals surface area contributed by atoms with Gasteiger partial charge in [0.2, 0.25) is 0 Å². The van der Waals surface area contributed by atoms with E-state index in [9.17, 15) is 9.59 Å². The van der Waals surface area contributed by atoms with Crippen LogP contribution in [0, 0.1) is 22.7 Å². The molecule has 2 rings (SSSR count). The zero-order chi connectivity index (χ0) is 12.8. The average molecular weight is 237 g/mol. The maximum Gasteiger partial charge on any atom is 0.332 e. The molecule has 2 saturated carbocycles. The number of fused-ring (bicyclic) bond motifs is 2. The number of hydrogen-bond acceptors (Lipinski definition) is 3. The fourth-order valence-corrected chi connectivity index (χ4v) is 3.65. The van der Waals surface area contributed by atoms with Crippen molar-refractivity contribution in [1.82, 2.24) is 5.43 Å². The van der Waals surface area contributed by atoms with Crippen LogP contribution in [0.25, 0.3) is 0 Å². The molecule has 94 valence electrons. The highest BCUT2D eigenvalue weighted by molar-refractivity contribution is 6.05. The molecule has 17 heavy (non-hydrogen) atoms. The monoisotopic (exact) mass is 237 g/mol. The van der Waals surface area contributed by atoms with Crippen LogP contribution in [0.4, 0.5) is 4.79 Å². The van der Waals surface area contributed by atoms with Crippen molar-refractivity contribution in [2.24, 2.45) is 33.5 Å². The summed E-state index contributed by atoms with van der Waals surface area (Å²) in [7, 11) is 0. The van der Waals surface area contributed by atoms with Gasteiger partial charge in [0.1, 0.15) is 6.29 Å². The van der Waals surface area contributed by atoms with Gasteiger partial charge in [0.15, 0.2) is 0 Å². The highest BCUT2D eigenvalue weighted by Crippen LogP contribution is 2.65. The third kappa shape index (κ3) is 1.41. The van der Waals surface area contributed by atoms with Crippen LogP contribution in [0.1, 0.15) is 33.6 Å². The number of carbonyl (C=O) groups is 2. The minimum atomic E-state index is -0.689. The Morgan fingerprint density at radius 3 is 2.71 bits per heavy atom. The van der Waals surface area contributed by atoms with Crippen LogP contribution in [0.5, 0.6) is 0 Å². The summed E-state index contributed by atoms with van der Waals surface area (Å²) in [4.78, 5) is 22.0. The number of carbonyl (C=O) groups excluding carboxylic acids is 2. The van der Waals surface area contributed by atoms with Gasteiger partial charge in [-0.05, 0) is 24.2 Å². The van der Waals surface area contributed by atoms with E-state index in [0.29, 0.717) is 5.92 Å². The van der Waals surface area contributed by atoms with Crippen LogP contribution >= 0.6 is 0 Å². The molecule has 3 N–H and O–H groups in total. The molecule has 0 spiro atoms. The number of primary amides is 1. The summed E-state index contributed by atoms with van der Waals surface area (Å²) in [5.74, 6) is 0.133. The van der Waals surface area contributed by atoms with Crippen molar-refractivity contribution in [3.05, 3.63) is 0 Å². The second-order valence-electron chi connectivity index (χ2n) is 5.83. The summed E-state index contributed by atoms with van der Waals surface area (Å²) in [5, 5.41) is 4.09. The van der Waals surface area contributed by atoms with Crippen LogP contribution in [-0.4, -0.2) is 18.0 Å². The molecule has 0 heterocycles. The number of nitrogens with zero attached hydrogens (tertiary/aromatic N) is 1. The summed E-state index contributed by atoms with van der Waals surface area (Å²) in [6.45, 7) is 6.47. The smallest absolute Gasteiger partial charge is 0.332 e. The number of nitrogens with two attached hydrogens (primary N) is 1. The third-order valence-corrected chi connectivity index (χ3v) is 5.05. The fraction of sp³-hybridized carbons (Fsp3) is 0.750. The molecule has 0 aromatic rings. The fourth-order valence-electron chi connectivity index (χ4n) is 3.65. The van der Waals surface area contributed by atoms with E-state index < -0.39 is 6.03 Å². The molecule has 0 aromatic heterocycles. The molecule has 0 unspecified atom stereocenters. The maximum atomic E-state index is 11.3. The van der Waals surface area contributed by atoms with Gasteiger partial charge in [-0.1, -0.05) is 20.8 Å². The van der Waals surface area contributed by atoms with Gasteiger partial charge < -0.3 is 10.5 Å². The minimum Gasteiger partial charge on any atom is -0.350 e. The molecular weight excluding hydrogens is 218 g/mol. The standard InChI is InChI=1S/C12H19N3O2/c1-11(2)8-4-5-12(11,3)9(7(8)6-16)14-15-10(13)17/h6-8H,4-5H2,1-3H3,(H3,13,15,17)/t7-,8+,12-/m0/s1. The zero-order valence-corrected chi connectivity index (χ0v) is 10.5. The first-order valence-electron chi connectivity index (χ1n) is 5.93. The van der Waals surface area contributed by atoms with Crippen molar-refractivity contribution in [3.8, 4) is 0 Å². The molecule has 2 aliphatic rings. The van der Waals surface area contributed by atoms with Crippen molar-refractivity contribution < 1.29 is 9.59 Å². The zero-order valence-electron chi connectivity index (χ0n) is 10.5. The van der Waals surface area contributed by atoms with E-state index in [1.807, 2.05) is 0 Å². The topological polar surface area (TPSA) is 84.5 Å². The third-order valence-electron chi connectivity index (χ3n) is 5.05. The van der Waals surface area contributed by atoms with Crippen LogP contribution in [0.15, 0.2) is 5.10 Å². The first kappa shape index (κ1) is 12.1. The van der Waals surface area contributed by atoms with Gasteiger partial charge in [-0.2, -0.15) is 5.10 Å². The summed E-state index contributed by atoms with van der Waals surface area (Å²) in [6, 6.07) is -0.689. The molecule has 5 nitrogen and oxygen atoms in total. The Labute approximate surface area is 101 Å². The molecule has 2 fully saturated rings. The lowest BCUT2D eigenvalue weighted by Gasteiger charge is -2.34. The van der Waals surface area contributed by atoms with E-state index in [0.717, 1.165) is 24.8 Å². The lowest BCUT2D eigenvalue weighted by Crippen LogP contribution is -2.37. The molecule has 2 amide bonds. The predicted molar refractivity (Wildman–Crippen MR) is 64.3 cm³/mol. The summed E-state index contributed by atoms with van der Waals surface area (Å²) < 4.78 is 0. The van der Waals surface area contributed by atoms with Gasteiger partial charge in [0, 0.05) is 5.41 Å². The van der Waals surface area contributed by atoms with Crippen molar-refractivity contribution in [1.29, 1.82) is 0 Å². The van der Waals surface area contributed by atoms with Crippen LogP contribution in [0.3, 0.4) is 0 Å². The Kier molecular flexibility index (Phi) is 2.52. The van der Waals surface area contributed by atoms with Crippen molar-refractivity contribution >= 4 is 18.0 Å². The highest BCUT2D eigenvalue weighted by atomic mass is 16.2. The molecule has 5 heteroatoms. The summed E-state index contributed by atoms with van der Waals surface area (Å²) >= 11 is 0. The van der Waals surface area contributed by atoms with Crippen molar-refractivity contribution in [2.75, 3.05) is 0 Å². The van der Waals surface area contributed by atoms with Gasteiger partial charge >= 0.3 is 6.03 Å². The van der Waals surface area contributed by atoms with E-state index in [-0.39, 0.29) is 16.7 Å². The van der Waals surface area contributed by atoms with E-state index in [1.165, 1.54) is 0 Å². The lowest BCUT2D eigenvalue weighted by molar-refractivity contribution is -0.110. The first-order valence-corrected chi connectivity index (χ1v) is 5.93. The van der Waals surface area contributed by atoms with Gasteiger partial charge in [-0.15, -0.1) is 0 Å². The summed E-state index contributed by atoms with van der Waals surface area (Å²) in [5.41, 5.74) is 7.99. The highest BCUT2D eigenvalue weighted by Gasteiger charge is 2.64. The van der Waals surface area contributed by atoms with E-state index >= 15 is 0 Å². The minimum absolute atomic E-state index is 0.0384. The number of aldehydes is 1. The van der Waals surface area contributed by atoms with Gasteiger partial charge in [0.25, 0.3) is 0 Å². The van der Waals surface area contributed by atoms with Gasteiger partial charge in [0.05, 0.1) is 11.6 Å². The molecule has 0 aliphatic heterocycles. The second kappa shape index (κ2) is 3.55. The number of urea groups is 1. The van der Waals surface area contributed by atoms with Gasteiger partial charge in [-0.3, -0.25) is 0 Å². The normalized spacial score (nSPS) is 40.5. The Hall–Kier alpha value is -1.39. The second-order valence-corrected chi connectivity index (χ2v) is 5.83. The van der Waals surface area contributed by atoms with Crippen LogP contribution in [-0.2, 0) is 4.79 Å². The first-order chi connectivity index (χ1) is 7.84. The Bertz CT molecular complexity index is 403.